The van der Waals surface area contributed by atoms with Gasteiger partial charge in [0.25, 0.3) is 0 Å². The van der Waals surface area contributed by atoms with E-state index in [2.05, 4.69) is 10.0 Å². The lowest BCUT2D eigenvalue weighted by Gasteiger charge is -2.22. The summed E-state index contributed by atoms with van der Waals surface area (Å²) in [7, 11) is -0.0607. The topological polar surface area (TPSA) is 106 Å². The Morgan fingerprint density at radius 3 is 2.70 bits per heavy atom. The molecular formula is C21H28N2O6S. The van der Waals surface area contributed by atoms with Crippen molar-refractivity contribution >= 4 is 15.7 Å². The van der Waals surface area contributed by atoms with Crippen LogP contribution >= 0.6 is 0 Å². The molecule has 1 aliphatic rings. The molecular weight excluding hydrogens is 408 g/mol. The van der Waals surface area contributed by atoms with Crippen molar-refractivity contribution in [2.45, 2.75) is 18.9 Å². The summed E-state index contributed by atoms with van der Waals surface area (Å²) in [6, 6.07) is 11.0. The van der Waals surface area contributed by atoms with Crippen molar-refractivity contribution in [1.29, 1.82) is 0 Å². The molecule has 30 heavy (non-hydrogen) atoms. The molecule has 3 N–H and O–H groups in total. The summed E-state index contributed by atoms with van der Waals surface area (Å²) in [6.45, 7) is 1.19. The zero-order chi connectivity index (χ0) is 21.6. The van der Waals surface area contributed by atoms with E-state index in [0.29, 0.717) is 42.4 Å². The molecule has 1 heterocycles. The summed E-state index contributed by atoms with van der Waals surface area (Å²) < 4.78 is 42.2. The van der Waals surface area contributed by atoms with Crippen LogP contribution in [0.2, 0.25) is 0 Å². The lowest BCUT2D eigenvalue weighted by Crippen LogP contribution is -2.33. The Morgan fingerprint density at radius 1 is 1.13 bits per heavy atom. The molecule has 0 amide bonds. The number of fused-ring (bicyclic) bond motifs is 1. The minimum atomic E-state index is -3.27. The minimum absolute atomic E-state index is 0.0284. The van der Waals surface area contributed by atoms with E-state index >= 15 is 0 Å². The summed E-state index contributed by atoms with van der Waals surface area (Å²) in [5, 5.41) is 13.4. The molecule has 0 fully saturated rings. The summed E-state index contributed by atoms with van der Waals surface area (Å²) in [5.41, 5.74) is 2.46. The molecule has 0 radical (unpaired) electrons. The fourth-order valence-electron chi connectivity index (χ4n) is 3.29. The number of anilines is 1. The first-order chi connectivity index (χ1) is 14.4. The zero-order valence-corrected chi connectivity index (χ0v) is 18.0. The SMILES string of the molecule is COc1ccc(CCNCC(O)COc2cccc3c2CCS(=O)(=O)N3)cc1OC. The maximum atomic E-state index is 11.7. The van der Waals surface area contributed by atoms with Crippen LogP contribution in [0.3, 0.4) is 0 Å². The molecule has 0 saturated heterocycles. The maximum Gasteiger partial charge on any atom is 0.233 e. The third kappa shape index (κ3) is 5.78. The van der Waals surface area contributed by atoms with Gasteiger partial charge in [0.2, 0.25) is 10.0 Å². The van der Waals surface area contributed by atoms with Crippen LogP contribution in [0.5, 0.6) is 17.2 Å². The first-order valence-electron chi connectivity index (χ1n) is 9.76. The number of rotatable bonds is 10. The van der Waals surface area contributed by atoms with Crippen LogP contribution in [-0.2, 0) is 22.9 Å². The van der Waals surface area contributed by atoms with Crippen molar-refractivity contribution in [2.75, 3.05) is 44.4 Å². The molecule has 0 aliphatic carbocycles. The van der Waals surface area contributed by atoms with Gasteiger partial charge in [-0.2, -0.15) is 0 Å². The second-order valence-electron chi connectivity index (χ2n) is 7.06. The largest absolute Gasteiger partial charge is 0.493 e. The van der Waals surface area contributed by atoms with Crippen LogP contribution < -0.4 is 24.2 Å². The number of hydrogen-bond acceptors (Lipinski definition) is 7. The Labute approximate surface area is 177 Å². The van der Waals surface area contributed by atoms with Crippen molar-refractivity contribution < 1.29 is 27.7 Å². The van der Waals surface area contributed by atoms with E-state index in [1.807, 2.05) is 18.2 Å². The third-order valence-corrected chi connectivity index (χ3v) is 6.14. The number of nitrogens with one attached hydrogen (secondary N) is 2. The number of hydrogen-bond donors (Lipinski definition) is 3. The van der Waals surface area contributed by atoms with Gasteiger partial charge in [0, 0.05) is 12.1 Å². The van der Waals surface area contributed by atoms with Crippen LogP contribution in [0.4, 0.5) is 5.69 Å². The molecule has 1 atom stereocenters. The highest BCUT2D eigenvalue weighted by atomic mass is 32.2. The van der Waals surface area contributed by atoms with Gasteiger partial charge in [-0.1, -0.05) is 12.1 Å². The van der Waals surface area contributed by atoms with Crippen LogP contribution in [0.15, 0.2) is 36.4 Å². The Hall–Kier alpha value is -2.49. The Bertz CT molecular complexity index is 964. The quantitative estimate of drug-likeness (QED) is 0.486. The predicted octanol–water partition coefficient (Wildman–Crippen LogP) is 1.57. The average Bonchev–Trinajstić information content (AvgIpc) is 2.74. The lowest BCUT2D eigenvalue weighted by molar-refractivity contribution is 0.106. The van der Waals surface area contributed by atoms with Gasteiger partial charge in [-0.05, 0) is 49.2 Å². The number of aliphatic hydroxyl groups excluding tert-OH is 1. The highest BCUT2D eigenvalue weighted by molar-refractivity contribution is 7.92. The van der Waals surface area contributed by atoms with Gasteiger partial charge in [0.15, 0.2) is 11.5 Å². The average molecular weight is 437 g/mol. The van der Waals surface area contributed by atoms with E-state index in [0.717, 1.165) is 17.5 Å². The van der Waals surface area contributed by atoms with E-state index in [1.165, 1.54) is 0 Å². The molecule has 3 rings (SSSR count). The van der Waals surface area contributed by atoms with Crippen molar-refractivity contribution in [3.05, 3.63) is 47.5 Å². The van der Waals surface area contributed by atoms with Gasteiger partial charge in [-0.15, -0.1) is 0 Å². The van der Waals surface area contributed by atoms with Crippen molar-refractivity contribution in [2.24, 2.45) is 0 Å². The van der Waals surface area contributed by atoms with Crippen LogP contribution in [0.25, 0.3) is 0 Å². The maximum absolute atomic E-state index is 11.7. The van der Waals surface area contributed by atoms with Crippen molar-refractivity contribution in [3.63, 3.8) is 0 Å². The molecule has 0 saturated carbocycles. The molecule has 164 valence electrons. The predicted molar refractivity (Wildman–Crippen MR) is 115 cm³/mol. The van der Waals surface area contributed by atoms with Gasteiger partial charge < -0.3 is 24.6 Å². The summed E-state index contributed by atoms with van der Waals surface area (Å²) in [5.74, 6) is 2.01. The molecule has 1 unspecified atom stereocenters. The van der Waals surface area contributed by atoms with Gasteiger partial charge in [-0.3, -0.25) is 4.72 Å². The van der Waals surface area contributed by atoms with Crippen LogP contribution in [-0.4, -0.2) is 59.3 Å². The zero-order valence-electron chi connectivity index (χ0n) is 17.2. The fraction of sp³-hybridized carbons (Fsp3) is 0.429. The van der Waals surface area contributed by atoms with E-state index in [1.54, 1.807) is 32.4 Å². The standard InChI is InChI=1S/C21H28N2O6S/c1-27-20-7-6-15(12-21(20)28-2)8-10-22-13-16(24)14-29-19-5-3-4-18-17(19)9-11-30(25,26)23-18/h3-7,12,16,22-24H,8-11,13-14H2,1-2H3. The van der Waals surface area contributed by atoms with Crippen molar-refractivity contribution in [3.8, 4) is 17.2 Å². The van der Waals surface area contributed by atoms with Gasteiger partial charge in [0.05, 0.1) is 25.7 Å². The number of methoxy groups -OCH3 is 2. The first kappa shape index (κ1) is 22.2. The number of benzene rings is 2. The van der Waals surface area contributed by atoms with Gasteiger partial charge in [-0.25, -0.2) is 8.42 Å². The molecule has 0 aromatic heterocycles. The second-order valence-corrected chi connectivity index (χ2v) is 8.90. The Morgan fingerprint density at radius 2 is 1.93 bits per heavy atom. The molecule has 2 aromatic carbocycles. The molecule has 9 heteroatoms. The van der Waals surface area contributed by atoms with Crippen molar-refractivity contribution in [1.82, 2.24) is 5.32 Å². The number of sulfonamides is 1. The summed E-state index contributed by atoms with van der Waals surface area (Å²) >= 11 is 0. The summed E-state index contributed by atoms with van der Waals surface area (Å²) in [4.78, 5) is 0. The van der Waals surface area contributed by atoms with E-state index in [9.17, 15) is 13.5 Å². The molecule has 0 spiro atoms. The summed E-state index contributed by atoms with van der Waals surface area (Å²) in [6.07, 6.45) is 0.479. The van der Waals surface area contributed by atoms with E-state index < -0.39 is 16.1 Å². The lowest BCUT2D eigenvalue weighted by atomic mass is 10.1. The normalized spacial score (nSPS) is 15.6. The molecule has 0 bridgehead atoms. The Kier molecular flexibility index (Phi) is 7.41. The van der Waals surface area contributed by atoms with E-state index in [4.69, 9.17) is 14.2 Å². The van der Waals surface area contributed by atoms with Gasteiger partial charge >= 0.3 is 0 Å². The highest BCUT2D eigenvalue weighted by Gasteiger charge is 2.23. The second kappa shape index (κ2) is 10.0. The first-order valence-corrected chi connectivity index (χ1v) is 11.4. The molecule has 2 aromatic rings. The monoisotopic (exact) mass is 436 g/mol. The smallest absolute Gasteiger partial charge is 0.233 e. The van der Waals surface area contributed by atoms with Crippen LogP contribution in [0, 0.1) is 0 Å². The number of aliphatic hydroxyl groups is 1. The van der Waals surface area contributed by atoms with Gasteiger partial charge in [0.1, 0.15) is 18.5 Å². The number of ether oxygens (including phenoxy) is 3. The molecule has 8 nitrogen and oxygen atoms in total. The van der Waals surface area contributed by atoms with Crippen LogP contribution in [0.1, 0.15) is 11.1 Å². The highest BCUT2D eigenvalue weighted by Crippen LogP contribution is 2.31. The van der Waals surface area contributed by atoms with E-state index in [-0.39, 0.29) is 12.4 Å². The third-order valence-electron chi connectivity index (χ3n) is 4.87. The minimum Gasteiger partial charge on any atom is -0.493 e. The molecule has 1 aliphatic heterocycles. The Balaban J connectivity index is 1.43. The fourth-order valence-corrected chi connectivity index (χ4v) is 4.39.